The maximum absolute atomic E-state index is 4.93. The van der Waals surface area contributed by atoms with Gasteiger partial charge in [0.05, 0.1) is 0 Å². The summed E-state index contributed by atoms with van der Waals surface area (Å²) < 4.78 is 1.03. The molecule has 0 aromatic carbocycles. The first kappa shape index (κ1) is 4.17. The van der Waals surface area contributed by atoms with Crippen LogP contribution in [0.3, 0.4) is 0 Å². The molecule has 0 nitrogen and oxygen atoms in total. The monoisotopic (exact) mass is 128 g/mol. The Bertz CT molecular complexity index is 101. The molecule has 0 amide bonds. The molecule has 0 radical (unpaired) electrons. The molecule has 0 fully saturated rings. The molecular weight excluding hydrogens is 124 g/mol. The summed E-state index contributed by atoms with van der Waals surface area (Å²) in [6.07, 6.45) is 6.95. The van der Waals surface area contributed by atoms with Crippen molar-refractivity contribution in [3.63, 3.8) is 0 Å². The van der Waals surface area contributed by atoms with Crippen molar-refractivity contribution in [1.82, 2.24) is 0 Å². The van der Waals surface area contributed by atoms with Gasteiger partial charge >= 0.3 is 45.1 Å². The molecule has 1 rings (SSSR count). The average Bonchev–Trinajstić information content (AvgIpc) is 1.86. The zero-order chi connectivity index (χ0) is 4.41. The zero-order valence-electron chi connectivity index (χ0n) is 3.24. The number of hydrogen-bond donors (Lipinski definition) is 0. The molecule has 1 aliphatic rings. The predicted octanol–water partition coefficient (Wildman–Crippen LogP) is 1.38. The molecule has 6 heavy (non-hydrogen) atoms. The SMILES string of the molecule is [Cu][C]1=CC=CC1. The van der Waals surface area contributed by atoms with Gasteiger partial charge in [0.25, 0.3) is 0 Å². The van der Waals surface area contributed by atoms with Crippen LogP contribution in [0.5, 0.6) is 0 Å². The molecule has 0 saturated heterocycles. The molecule has 1 heteroatoms. The van der Waals surface area contributed by atoms with Gasteiger partial charge in [-0.1, -0.05) is 0 Å². The summed E-state index contributed by atoms with van der Waals surface area (Å²) >= 11 is 4.93. The van der Waals surface area contributed by atoms with E-state index in [2.05, 4.69) is 6.08 Å². The van der Waals surface area contributed by atoms with E-state index >= 15 is 0 Å². The third kappa shape index (κ3) is 0.734. The second-order valence-electron chi connectivity index (χ2n) is 1.20. The van der Waals surface area contributed by atoms with Crippen LogP contribution < -0.4 is 0 Å². The quantitative estimate of drug-likeness (QED) is 0.433. The van der Waals surface area contributed by atoms with E-state index in [9.17, 15) is 0 Å². The van der Waals surface area contributed by atoms with E-state index in [1.54, 1.807) is 0 Å². The van der Waals surface area contributed by atoms with E-state index in [4.69, 9.17) is 16.0 Å². The van der Waals surface area contributed by atoms with E-state index in [1.165, 1.54) is 0 Å². The van der Waals surface area contributed by atoms with Gasteiger partial charge in [0.2, 0.25) is 0 Å². The van der Waals surface area contributed by atoms with Gasteiger partial charge in [-0.2, -0.15) is 0 Å². The first-order chi connectivity index (χ1) is 2.89. The summed E-state index contributed by atoms with van der Waals surface area (Å²) in [7, 11) is 0. The third-order valence-corrected chi connectivity index (χ3v) is 1.05. The van der Waals surface area contributed by atoms with Crippen LogP contribution in [0.2, 0.25) is 0 Å². The topological polar surface area (TPSA) is 0 Å². The second-order valence-corrected chi connectivity index (χ2v) is 1.80. The van der Waals surface area contributed by atoms with E-state index in [0.29, 0.717) is 0 Å². The van der Waals surface area contributed by atoms with Crippen LogP contribution in [0.25, 0.3) is 0 Å². The molecule has 0 bridgehead atoms. The van der Waals surface area contributed by atoms with Gasteiger partial charge in [-0.15, -0.1) is 0 Å². The Labute approximate surface area is 45.7 Å². The third-order valence-electron chi connectivity index (χ3n) is 0.698. The second kappa shape index (κ2) is 1.63. The molecule has 0 N–H and O–H groups in total. The van der Waals surface area contributed by atoms with Gasteiger partial charge in [0.1, 0.15) is 0 Å². The van der Waals surface area contributed by atoms with Crippen LogP contribution in [0, 0.1) is 0 Å². The number of rotatable bonds is 0. The first-order valence-corrected chi connectivity index (χ1v) is 2.34. The van der Waals surface area contributed by atoms with Crippen molar-refractivity contribution < 1.29 is 16.0 Å². The number of hydrogen-bond acceptors (Lipinski definition) is 0. The predicted molar refractivity (Wildman–Crippen MR) is 21.8 cm³/mol. The summed E-state index contributed by atoms with van der Waals surface area (Å²) in [6, 6.07) is 0. The minimum atomic E-state index is 0.972. The van der Waals surface area contributed by atoms with E-state index in [0.717, 1.165) is 10.9 Å². The van der Waals surface area contributed by atoms with Gasteiger partial charge < -0.3 is 0 Å². The van der Waals surface area contributed by atoms with Gasteiger partial charge in [0, 0.05) is 0 Å². The van der Waals surface area contributed by atoms with Crippen LogP contribution in [-0.4, -0.2) is 0 Å². The van der Waals surface area contributed by atoms with Crippen molar-refractivity contribution in [2.75, 3.05) is 0 Å². The minimum absolute atomic E-state index is 0.972. The molecule has 0 aromatic heterocycles. The molecule has 0 aliphatic heterocycles. The molecule has 0 atom stereocenters. The average molecular weight is 129 g/mol. The van der Waals surface area contributed by atoms with E-state index in [1.807, 2.05) is 12.2 Å². The fourth-order valence-corrected chi connectivity index (χ4v) is 0.606. The van der Waals surface area contributed by atoms with Crippen LogP contribution >= 0.6 is 0 Å². The zero-order valence-corrected chi connectivity index (χ0v) is 4.18. The summed E-state index contributed by atoms with van der Waals surface area (Å²) in [5, 5.41) is 0. The molecule has 0 heterocycles. The Morgan fingerprint density at radius 1 is 1.67 bits per heavy atom. The Morgan fingerprint density at radius 2 is 2.50 bits per heavy atom. The van der Waals surface area contributed by atoms with Gasteiger partial charge in [0.15, 0.2) is 0 Å². The Morgan fingerprint density at radius 3 is 2.67 bits per heavy atom. The Kier molecular flexibility index (Phi) is 1.13. The normalized spacial score (nSPS) is 18.7. The Balaban J connectivity index is 2.61. The Hall–Kier alpha value is -0.000519. The molecule has 0 saturated carbocycles. The van der Waals surface area contributed by atoms with Crippen molar-refractivity contribution in [2.24, 2.45) is 0 Å². The molecule has 0 spiro atoms. The molecule has 36 valence electrons. The fourth-order valence-electron chi connectivity index (χ4n) is 0.405. The summed E-state index contributed by atoms with van der Waals surface area (Å²) in [6.45, 7) is 0. The number of allylic oxidation sites excluding steroid dienone is 4. The molecular formula is C5H5Cu. The molecule has 0 unspecified atom stereocenters. The standard InChI is InChI=1S/C5H5.Cu/c1-2-4-5-3-1;/h1-3H,4H2;. The van der Waals surface area contributed by atoms with Crippen molar-refractivity contribution >= 4 is 0 Å². The summed E-state index contributed by atoms with van der Waals surface area (Å²) in [5.74, 6) is 0. The molecule has 0 aromatic rings. The van der Waals surface area contributed by atoms with E-state index < -0.39 is 0 Å². The van der Waals surface area contributed by atoms with Crippen molar-refractivity contribution in [2.45, 2.75) is 6.42 Å². The summed E-state index contributed by atoms with van der Waals surface area (Å²) in [5.41, 5.74) is 0. The van der Waals surface area contributed by atoms with Gasteiger partial charge in [-0.25, -0.2) is 0 Å². The van der Waals surface area contributed by atoms with Crippen molar-refractivity contribution in [3.05, 3.63) is 22.7 Å². The molecule has 1 aliphatic carbocycles. The van der Waals surface area contributed by atoms with Crippen LogP contribution in [0.1, 0.15) is 6.42 Å². The van der Waals surface area contributed by atoms with Gasteiger partial charge in [-0.05, 0) is 0 Å². The van der Waals surface area contributed by atoms with Crippen molar-refractivity contribution in [3.8, 4) is 0 Å². The van der Waals surface area contributed by atoms with E-state index in [-0.39, 0.29) is 0 Å². The van der Waals surface area contributed by atoms with Crippen LogP contribution in [0.15, 0.2) is 22.7 Å². The first-order valence-electron chi connectivity index (χ1n) is 1.87. The van der Waals surface area contributed by atoms with Gasteiger partial charge in [-0.3, -0.25) is 0 Å². The van der Waals surface area contributed by atoms with Crippen molar-refractivity contribution in [1.29, 1.82) is 0 Å². The van der Waals surface area contributed by atoms with Crippen LogP contribution in [-0.2, 0) is 16.0 Å². The van der Waals surface area contributed by atoms with Crippen LogP contribution in [0.4, 0.5) is 0 Å². The summed E-state index contributed by atoms with van der Waals surface area (Å²) in [4.78, 5) is 0. The fraction of sp³-hybridized carbons (Fsp3) is 0.200. The maximum atomic E-state index is 4.93.